The quantitative estimate of drug-likeness (QED) is 0.108. The molecule has 0 radical (unpaired) electrons. The predicted octanol–water partition coefficient (Wildman–Crippen LogP) is 7.49. The Balaban J connectivity index is 1.55. The topological polar surface area (TPSA) is 132 Å². The summed E-state index contributed by atoms with van der Waals surface area (Å²) in [5, 5.41) is 29.7. The Morgan fingerprint density at radius 1 is 0.894 bits per heavy atom. The maximum atomic E-state index is 12.9. The highest BCUT2D eigenvalue weighted by atomic mass is 16.6. The molecule has 0 amide bonds. The third-order valence-electron chi connectivity index (χ3n) is 10.4. The standard InChI is InChI=1S/C38H60O9/c1-23(2)13-10-14-24(3)15-11-16-25(4)17-12-19-37(8)20-18-29-28(7)33(26(5)27(6)34(29)46-37)45-31(41)22-44-35-32(42)36(43)47-38(35,9)30(40)21-39/h23-25,30,39-40,42H,10-22H2,1-9H3/t24-,25-,30+,37-,38-/m1/s1. The summed E-state index contributed by atoms with van der Waals surface area (Å²) >= 11 is 0. The van der Waals surface area contributed by atoms with Gasteiger partial charge in [0, 0.05) is 5.56 Å². The van der Waals surface area contributed by atoms with Crippen molar-refractivity contribution in [1.29, 1.82) is 0 Å². The lowest BCUT2D eigenvalue weighted by molar-refractivity contribution is -0.162. The van der Waals surface area contributed by atoms with E-state index < -0.39 is 48.4 Å². The number of rotatable bonds is 18. The lowest BCUT2D eigenvalue weighted by Gasteiger charge is -2.38. The van der Waals surface area contributed by atoms with E-state index in [9.17, 15) is 24.9 Å². The van der Waals surface area contributed by atoms with Crippen LogP contribution in [0.5, 0.6) is 11.5 Å². The van der Waals surface area contributed by atoms with E-state index in [2.05, 4.69) is 34.6 Å². The van der Waals surface area contributed by atoms with Gasteiger partial charge in [0.2, 0.25) is 5.76 Å². The summed E-state index contributed by atoms with van der Waals surface area (Å²) in [7, 11) is 0. The van der Waals surface area contributed by atoms with E-state index in [0.717, 1.165) is 65.5 Å². The fraction of sp³-hybridized carbons (Fsp3) is 0.737. The van der Waals surface area contributed by atoms with E-state index in [4.69, 9.17) is 18.9 Å². The SMILES string of the molecule is Cc1c(C)c2c(c(C)c1OC(=O)COC1=C(O)C(=O)O[C@]1(C)[C@@H](O)CO)CC[C@@](C)(CCC[C@H](C)CCC[C@H](C)CCCC(C)C)O2. The Labute approximate surface area is 282 Å². The van der Waals surface area contributed by atoms with Crippen molar-refractivity contribution in [1.82, 2.24) is 0 Å². The predicted molar refractivity (Wildman–Crippen MR) is 182 cm³/mol. The third-order valence-corrected chi connectivity index (χ3v) is 10.4. The second kappa shape index (κ2) is 16.6. The van der Waals surface area contributed by atoms with Gasteiger partial charge in [-0.3, -0.25) is 0 Å². The number of ether oxygens (including phenoxy) is 4. The molecule has 0 unspecified atom stereocenters. The van der Waals surface area contributed by atoms with Gasteiger partial charge in [-0.2, -0.15) is 0 Å². The largest absolute Gasteiger partial charge is 0.499 e. The van der Waals surface area contributed by atoms with E-state index in [1.807, 2.05) is 20.8 Å². The van der Waals surface area contributed by atoms with E-state index in [0.29, 0.717) is 11.7 Å². The summed E-state index contributed by atoms with van der Waals surface area (Å²) < 4.78 is 22.9. The summed E-state index contributed by atoms with van der Waals surface area (Å²) in [6.07, 6.45) is 11.4. The van der Waals surface area contributed by atoms with E-state index in [1.54, 1.807) is 0 Å². The molecule has 0 spiro atoms. The highest BCUT2D eigenvalue weighted by molar-refractivity contribution is 5.90. The van der Waals surface area contributed by atoms with Gasteiger partial charge in [0.1, 0.15) is 23.2 Å². The van der Waals surface area contributed by atoms with Gasteiger partial charge in [-0.25, -0.2) is 9.59 Å². The fourth-order valence-electron chi connectivity index (χ4n) is 6.91. The number of hydrogen-bond acceptors (Lipinski definition) is 9. The molecular formula is C38H60O9. The summed E-state index contributed by atoms with van der Waals surface area (Å²) in [6, 6.07) is 0. The second-order valence-electron chi connectivity index (χ2n) is 15.1. The van der Waals surface area contributed by atoms with E-state index in [1.165, 1.54) is 51.9 Å². The van der Waals surface area contributed by atoms with Crippen LogP contribution in [-0.4, -0.2) is 57.8 Å². The Morgan fingerprint density at radius 2 is 1.49 bits per heavy atom. The van der Waals surface area contributed by atoms with Gasteiger partial charge < -0.3 is 34.3 Å². The molecule has 266 valence electrons. The van der Waals surface area contributed by atoms with Gasteiger partial charge in [0.05, 0.1) is 6.61 Å². The Bertz CT molecular complexity index is 1280. The lowest BCUT2D eigenvalue weighted by Crippen LogP contribution is -2.45. The molecule has 2 aliphatic heterocycles. The van der Waals surface area contributed by atoms with Gasteiger partial charge in [-0.05, 0) is 94.7 Å². The Hall–Kier alpha value is -2.78. The zero-order chi connectivity index (χ0) is 35.1. The smallest absolute Gasteiger partial charge is 0.378 e. The lowest BCUT2D eigenvalue weighted by atomic mass is 9.83. The van der Waals surface area contributed by atoms with Crippen molar-refractivity contribution in [3.8, 4) is 11.5 Å². The number of carbonyl (C=O) groups excluding carboxylic acids is 2. The van der Waals surface area contributed by atoms with Crippen LogP contribution >= 0.6 is 0 Å². The number of carbonyl (C=O) groups is 2. The van der Waals surface area contributed by atoms with Crippen molar-refractivity contribution < 1.29 is 43.9 Å². The van der Waals surface area contributed by atoms with Crippen LogP contribution in [0.25, 0.3) is 0 Å². The average Bonchev–Trinajstić information content (AvgIpc) is 3.23. The van der Waals surface area contributed by atoms with E-state index >= 15 is 0 Å². The molecule has 47 heavy (non-hydrogen) atoms. The summed E-state index contributed by atoms with van der Waals surface area (Å²) in [4.78, 5) is 24.8. The van der Waals surface area contributed by atoms with Crippen molar-refractivity contribution in [3.63, 3.8) is 0 Å². The molecule has 9 heteroatoms. The van der Waals surface area contributed by atoms with Crippen LogP contribution in [0, 0.1) is 38.5 Å². The number of aliphatic hydroxyl groups is 3. The zero-order valence-electron chi connectivity index (χ0n) is 30.3. The maximum absolute atomic E-state index is 12.9. The van der Waals surface area contributed by atoms with Crippen LogP contribution in [0.1, 0.15) is 128 Å². The van der Waals surface area contributed by atoms with Crippen molar-refractivity contribution in [2.24, 2.45) is 17.8 Å². The highest BCUT2D eigenvalue weighted by Gasteiger charge is 2.51. The third kappa shape index (κ3) is 9.65. The average molecular weight is 661 g/mol. The molecule has 0 saturated carbocycles. The van der Waals surface area contributed by atoms with Gasteiger partial charge in [-0.15, -0.1) is 0 Å². The molecule has 1 aromatic carbocycles. The number of aliphatic hydroxyl groups excluding tert-OH is 3. The molecule has 5 atom stereocenters. The highest BCUT2D eigenvalue weighted by Crippen LogP contribution is 2.45. The van der Waals surface area contributed by atoms with Crippen molar-refractivity contribution >= 4 is 11.9 Å². The first-order valence-electron chi connectivity index (χ1n) is 17.6. The second-order valence-corrected chi connectivity index (χ2v) is 15.1. The van der Waals surface area contributed by atoms with Crippen LogP contribution in [0.2, 0.25) is 0 Å². The van der Waals surface area contributed by atoms with E-state index in [-0.39, 0.29) is 5.60 Å². The van der Waals surface area contributed by atoms with Crippen LogP contribution in [0.4, 0.5) is 0 Å². The minimum absolute atomic E-state index is 0.254. The molecule has 2 heterocycles. The first-order chi connectivity index (χ1) is 22.0. The molecule has 0 saturated heterocycles. The number of hydrogen-bond donors (Lipinski definition) is 3. The zero-order valence-corrected chi connectivity index (χ0v) is 30.3. The van der Waals surface area contributed by atoms with Gasteiger partial charge in [-0.1, -0.05) is 72.6 Å². The molecule has 0 aliphatic carbocycles. The van der Waals surface area contributed by atoms with Gasteiger partial charge in [0.15, 0.2) is 18.0 Å². The van der Waals surface area contributed by atoms with Gasteiger partial charge >= 0.3 is 11.9 Å². The first kappa shape index (κ1) is 38.7. The molecule has 3 N–H and O–H groups in total. The summed E-state index contributed by atoms with van der Waals surface area (Å²) in [5.74, 6) is 0.460. The minimum Gasteiger partial charge on any atom is -0.499 e. The first-order valence-corrected chi connectivity index (χ1v) is 17.6. The van der Waals surface area contributed by atoms with Crippen molar-refractivity contribution in [2.75, 3.05) is 13.2 Å². The number of benzene rings is 1. The molecule has 3 rings (SSSR count). The monoisotopic (exact) mass is 660 g/mol. The molecule has 2 aliphatic rings. The van der Waals surface area contributed by atoms with Crippen molar-refractivity contribution in [2.45, 2.75) is 150 Å². The van der Waals surface area contributed by atoms with Crippen LogP contribution < -0.4 is 9.47 Å². The summed E-state index contributed by atoms with van der Waals surface area (Å²) in [5.41, 5.74) is 1.47. The Kier molecular flexibility index (Phi) is 13.6. The molecule has 0 aromatic heterocycles. The maximum Gasteiger partial charge on any atom is 0.378 e. The molecule has 0 fully saturated rings. The molecule has 1 aromatic rings. The van der Waals surface area contributed by atoms with Gasteiger partial charge in [0.25, 0.3) is 0 Å². The van der Waals surface area contributed by atoms with Crippen LogP contribution in [0.15, 0.2) is 11.5 Å². The van der Waals surface area contributed by atoms with Crippen LogP contribution in [-0.2, 0) is 25.5 Å². The minimum atomic E-state index is -1.84. The number of esters is 2. The molecular weight excluding hydrogens is 600 g/mol. The fourth-order valence-corrected chi connectivity index (χ4v) is 6.91. The Morgan fingerprint density at radius 3 is 2.09 bits per heavy atom. The number of fused-ring (bicyclic) bond motifs is 1. The molecule has 9 nitrogen and oxygen atoms in total. The molecule has 0 bridgehead atoms. The summed E-state index contributed by atoms with van der Waals surface area (Å²) in [6.45, 7) is 17.3. The van der Waals surface area contributed by atoms with Crippen molar-refractivity contribution in [3.05, 3.63) is 33.8 Å². The van der Waals surface area contributed by atoms with Crippen LogP contribution in [0.3, 0.4) is 0 Å². The normalized spacial score (nSPS) is 22.9. The number of cyclic esters (lactones) is 1.